The van der Waals surface area contributed by atoms with Gasteiger partial charge in [0, 0.05) is 11.3 Å². The van der Waals surface area contributed by atoms with E-state index in [2.05, 4.69) is 16.2 Å². The highest BCUT2D eigenvalue weighted by molar-refractivity contribution is 5.95. The van der Waals surface area contributed by atoms with Gasteiger partial charge in [0.05, 0.1) is 0 Å². The molecule has 0 spiro atoms. The van der Waals surface area contributed by atoms with E-state index in [1.807, 2.05) is 0 Å². The van der Waals surface area contributed by atoms with Gasteiger partial charge in [-0.05, 0) is 45.0 Å². The lowest BCUT2D eigenvalue weighted by atomic mass is 10.2. The predicted molar refractivity (Wildman–Crippen MR) is 73.0 cm³/mol. The van der Waals surface area contributed by atoms with Gasteiger partial charge in [0.1, 0.15) is 5.60 Å². The lowest BCUT2D eigenvalue weighted by molar-refractivity contribution is -0.105. The SMILES string of the molecule is CC(C)(C)OC(=O)NNC(=O)c1ccc(NC=O)cc1. The zero-order chi connectivity index (χ0) is 15.2. The zero-order valence-corrected chi connectivity index (χ0v) is 11.5. The lowest BCUT2D eigenvalue weighted by Crippen LogP contribution is -2.44. The Labute approximate surface area is 116 Å². The van der Waals surface area contributed by atoms with Gasteiger partial charge in [0.15, 0.2) is 0 Å². The molecule has 0 atom stereocenters. The van der Waals surface area contributed by atoms with Gasteiger partial charge in [0.25, 0.3) is 5.91 Å². The van der Waals surface area contributed by atoms with Crippen LogP contribution in [-0.2, 0) is 9.53 Å². The molecule has 20 heavy (non-hydrogen) atoms. The molecule has 0 aliphatic rings. The average Bonchev–Trinajstić information content (AvgIpc) is 2.35. The van der Waals surface area contributed by atoms with Crippen molar-refractivity contribution in [2.45, 2.75) is 26.4 Å². The standard InChI is InChI=1S/C13H17N3O4/c1-13(2,3)20-12(19)16-15-11(18)9-4-6-10(7-5-9)14-8-17/h4-8H,1-3H3,(H,14,17)(H,15,18)(H,16,19). The zero-order valence-electron chi connectivity index (χ0n) is 11.5. The Balaban J connectivity index is 2.50. The van der Waals surface area contributed by atoms with E-state index in [0.29, 0.717) is 17.7 Å². The number of amides is 3. The summed E-state index contributed by atoms with van der Waals surface area (Å²) in [5, 5.41) is 2.45. The van der Waals surface area contributed by atoms with Crippen molar-refractivity contribution in [3.05, 3.63) is 29.8 Å². The highest BCUT2D eigenvalue weighted by Gasteiger charge is 2.16. The van der Waals surface area contributed by atoms with Crippen LogP contribution in [-0.4, -0.2) is 24.0 Å². The van der Waals surface area contributed by atoms with Gasteiger partial charge >= 0.3 is 6.09 Å². The smallest absolute Gasteiger partial charge is 0.426 e. The maximum absolute atomic E-state index is 11.7. The van der Waals surface area contributed by atoms with E-state index in [1.165, 1.54) is 12.1 Å². The molecule has 0 aromatic heterocycles. The van der Waals surface area contributed by atoms with Crippen molar-refractivity contribution in [3.8, 4) is 0 Å². The van der Waals surface area contributed by atoms with Crippen LogP contribution in [0.3, 0.4) is 0 Å². The first kappa shape index (κ1) is 15.5. The molecular weight excluding hydrogens is 262 g/mol. The van der Waals surface area contributed by atoms with Crippen LogP contribution in [0.2, 0.25) is 0 Å². The van der Waals surface area contributed by atoms with E-state index in [9.17, 15) is 14.4 Å². The van der Waals surface area contributed by atoms with Crippen molar-refractivity contribution in [3.63, 3.8) is 0 Å². The van der Waals surface area contributed by atoms with Crippen molar-refractivity contribution in [1.82, 2.24) is 10.9 Å². The fourth-order valence-corrected chi connectivity index (χ4v) is 1.27. The number of carbonyl (C=O) groups excluding carboxylic acids is 3. The normalized spacial score (nSPS) is 10.3. The van der Waals surface area contributed by atoms with Gasteiger partial charge < -0.3 is 10.1 Å². The average molecular weight is 279 g/mol. The molecule has 3 amide bonds. The number of hydrazine groups is 1. The molecule has 1 rings (SSSR count). The van der Waals surface area contributed by atoms with E-state index in [1.54, 1.807) is 32.9 Å². The van der Waals surface area contributed by atoms with E-state index in [0.717, 1.165) is 0 Å². The van der Waals surface area contributed by atoms with Crippen LogP contribution in [0, 0.1) is 0 Å². The molecular formula is C13H17N3O4. The Kier molecular flexibility index (Phi) is 5.08. The summed E-state index contributed by atoms with van der Waals surface area (Å²) in [6, 6.07) is 6.16. The summed E-state index contributed by atoms with van der Waals surface area (Å²) >= 11 is 0. The summed E-state index contributed by atoms with van der Waals surface area (Å²) in [7, 11) is 0. The van der Waals surface area contributed by atoms with Crippen LogP contribution in [0.1, 0.15) is 31.1 Å². The van der Waals surface area contributed by atoms with Crippen molar-refractivity contribution in [2.24, 2.45) is 0 Å². The molecule has 1 aromatic rings. The second-order valence-corrected chi connectivity index (χ2v) is 4.92. The predicted octanol–water partition coefficient (Wildman–Crippen LogP) is 1.42. The summed E-state index contributed by atoms with van der Waals surface area (Å²) in [6.45, 7) is 5.15. The van der Waals surface area contributed by atoms with Gasteiger partial charge in [-0.15, -0.1) is 0 Å². The van der Waals surface area contributed by atoms with Crippen molar-refractivity contribution < 1.29 is 19.1 Å². The van der Waals surface area contributed by atoms with E-state index in [4.69, 9.17) is 4.74 Å². The van der Waals surface area contributed by atoms with Crippen LogP contribution < -0.4 is 16.2 Å². The molecule has 3 N–H and O–H groups in total. The Morgan fingerprint density at radius 2 is 1.70 bits per heavy atom. The maximum atomic E-state index is 11.7. The number of benzene rings is 1. The van der Waals surface area contributed by atoms with Crippen molar-refractivity contribution in [1.29, 1.82) is 0 Å². The van der Waals surface area contributed by atoms with Crippen molar-refractivity contribution in [2.75, 3.05) is 5.32 Å². The lowest BCUT2D eigenvalue weighted by Gasteiger charge is -2.19. The minimum absolute atomic E-state index is 0.331. The number of carbonyl (C=O) groups is 3. The summed E-state index contributed by atoms with van der Waals surface area (Å²) in [4.78, 5) is 33.3. The molecule has 0 aliphatic heterocycles. The fraction of sp³-hybridized carbons (Fsp3) is 0.308. The molecule has 108 valence electrons. The second-order valence-electron chi connectivity index (χ2n) is 4.92. The molecule has 0 heterocycles. The fourth-order valence-electron chi connectivity index (χ4n) is 1.27. The summed E-state index contributed by atoms with van der Waals surface area (Å²) < 4.78 is 4.96. The Morgan fingerprint density at radius 1 is 1.10 bits per heavy atom. The molecule has 7 nitrogen and oxygen atoms in total. The third kappa shape index (κ3) is 5.38. The number of hydrogen-bond donors (Lipinski definition) is 3. The largest absolute Gasteiger partial charge is 0.443 e. The quantitative estimate of drug-likeness (QED) is 0.576. The third-order valence-electron chi connectivity index (χ3n) is 2.05. The number of hydrogen-bond acceptors (Lipinski definition) is 4. The van der Waals surface area contributed by atoms with Crippen LogP contribution in [0.25, 0.3) is 0 Å². The van der Waals surface area contributed by atoms with E-state index in [-0.39, 0.29) is 0 Å². The number of ether oxygens (including phenoxy) is 1. The number of anilines is 1. The Morgan fingerprint density at radius 3 is 2.20 bits per heavy atom. The first-order valence-corrected chi connectivity index (χ1v) is 5.91. The monoisotopic (exact) mass is 279 g/mol. The molecule has 0 bridgehead atoms. The van der Waals surface area contributed by atoms with Crippen LogP contribution in [0.15, 0.2) is 24.3 Å². The molecule has 0 fully saturated rings. The minimum Gasteiger partial charge on any atom is -0.443 e. The number of nitrogens with one attached hydrogen (secondary N) is 3. The Hall–Kier alpha value is -2.57. The third-order valence-corrected chi connectivity index (χ3v) is 2.05. The van der Waals surface area contributed by atoms with Crippen LogP contribution in [0.5, 0.6) is 0 Å². The topological polar surface area (TPSA) is 96.5 Å². The van der Waals surface area contributed by atoms with Gasteiger partial charge in [0.2, 0.25) is 6.41 Å². The van der Waals surface area contributed by atoms with Crippen LogP contribution >= 0.6 is 0 Å². The molecule has 0 aliphatic carbocycles. The van der Waals surface area contributed by atoms with Crippen molar-refractivity contribution >= 4 is 24.1 Å². The molecule has 0 saturated carbocycles. The molecule has 0 radical (unpaired) electrons. The summed E-state index contributed by atoms with van der Waals surface area (Å²) in [5.74, 6) is -0.492. The first-order valence-electron chi connectivity index (χ1n) is 5.91. The molecule has 7 heteroatoms. The molecule has 1 aromatic carbocycles. The van der Waals surface area contributed by atoms with Gasteiger partial charge in [-0.3, -0.25) is 15.0 Å². The molecule has 0 unspecified atom stereocenters. The maximum Gasteiger partial charge on any atom is 0.426 e. The highest BCUT2D eigenvalue weighted by Crippen LogP contribution is 2.08. The van der Waals surface area contributed by atoms with E-state index < -0.39 is 17.6 Å². The summed E-state index contributed by atoms with van der Waals surface area (Å²) in [5.41, 5.74) is 4.62. The molecule has 0 saturated heterocycles. The Bertz CT molecular complexity index is 491. The first-order chi connectivity index (χ1) is 9.31. The summed E-state index contributed by atoms with van der Waals surface area (Å²) in [6.07, 6.45) is -0.204. The number of rotatable bonds is 3. The highest BCUT2D eigenvalue weighted by atomic mass is 16.6. The van der Waals surface area contributed by atoms with Gasteiger partial charge in [-0.1, -0.05) is 0 Å². The van der Waals surface area contributed by atoms with Crippen LogP contribution in [0.4, 0.5) is 10.5 Å². The van der Waals surface area contributed by atoms with Gasteiger partial charge in [-0.2, -0.15) is 0 Å². The van der Waals surface area contributed by atoms with Gasteiger partial charge in [-0.25, -0.2) is 10.2 Å². The van der Waals surface area contributed by atoms with E-state index >= 15 is 0 Å². The second kappa shape index (κ2) is 6.55. The minimum atomic E-state index is -0.745.